The molecule has 1 aromatic heterocycles. The second-order valence-corrected chi connectivity index (χ2v) is 5.28. The highest BCUT2D eigenvalue weighted by molar-refractivity contribution is 6.28. The fourth-order valence-electron chi connectivity index (χ4n) is 2.63. The van der Waals surface area contributed by atoms with E-state index >= 15 is 0 Å². The van der Waals surface area contributed by atoms with Gasteiger partial charge in [0.25, 0.3) is 0 Å². The second kappa shape index (κ2) is 4.79. The van der Waals surface area contributed by atoms with Crippen molar-refractivity contribution in [3.8, 4) is 0 Å². The Hall–Kier alpha value is -1.25. The van der Waals surface area contributed by atoms with Crippen LogP contribution >= 0.6 is 11.6 Å². The smallest absolute Gasteiger partial charge is 0.193 e. The summed E-state index contributed by atoms with van der Waals surface area (Å²) >= 11 is 5.76. The zero-order valence-corrected chi connectivity index (χ0v) is 10.9. The highest BCUT2D eigenvalue weighted by Crippen LogP contribution is 2.26. The Morgan fingerprint density at radius 3 is 2.78 bits per heavy atom. The lowest BCUT2D eigenvalue weighted by molar-refractivity contribution is 0.466. The predicted octanol–water partition coefficient (Wildman–Crippen LogP) is 3.66. The van der Waals surface area contributed by atoms with Crippen molar-refractivity contribution in [1.82, 2.24) is 0 Å². The zero-order chi connectivity index (χ0) is 12.5. The Balaban J connectivity index is 1.76. The lowest BCUT2D eigenvalue weighted by Crippen LogP contribution is -2.12. The van der Waals surface area contributed by atoms with E-state index in [1.54, 1.807) is 6.07 Å². The Labute approximate surface area is 112 Å². The molecule has 1 aliphatic rings. The van der Waals surface area contributed by atoms with Gasteiger partial charge in [-0.05, 0) is 66.1 Å². The first-order chi connectivity index (χ1) is 8.72. The van der Waals surface area contributed by atoms with Gasteiger partial charge in [0.15, 0.2) is 5.22 Å². The summed E-state index contributed by atoms with van der Waals surface area (Å²) in [6, 6.07) is 10.2. The van der Waals surface area contributed by atoms with Crippen molar-refractivity contribution in [3.63, 3.8) is 0 Å². The normalized spacial score (nSPS) is 15.7. The lowest BCUT2D eigenvalue weighted by Gasteiger charge is -2.10. The lowest BCUT2D eigenvalue weighted by atomic mass is 10.0. The minimum atomic E-state index is -0.128. The molecule has 1 aromatic carbocycles. The minimum Gasteiger partial charge on any atom is -0.448 e. The maximum absolute atomic E-state index is 6.13. The summed E-state index contributed by atoms with van der Waals surface area (Å²) in [5.41, 5.74) is 10.4. The average molecular weight is 262 g/mol. The zero-order valence-electron chi connectivity index (χ0n) is 10.2. The SMILES string of the molecule is NC(Cc1ccc2c(c1)CCC2)c1ccc(Cl)o1. The van der Waals surface area contributed by atoms with Crippen LogP contribution in [0.3, 0.4) is 0 Å². The number of aryl methyl sites for hydroxylation is 2. The van der Waals surface area contributed by atoms with E-state index in [1.165, 1.54) is 36.0 Å². The van der Waals surface area contributed by atoms with Gasteiger partial charge in [0.1, 0.15) is 5.76 Å². The molecular weight excluding hydrogens is 246 g/mol. The van der Waals surface area contributed by atoms with Crippen molar-refractivity contribution in [1.29, 1.82) is 0 Å². The fourth-order valence-corrected chi connectivity index (χ4v) is 2.79. The first-order valence-electron chi connectivity index (χ1n) is 6.34. The molecule has 0 bridgehead atoms. The third-order valence-electron chi connectivity index (χ3n) is 3.58. The van der Waals surface area contributed by atoms with Gasteiger partial charge in [-0.3, -0.25) is 0 Å². The quantitative estimate of drug-likeness (QED) is 0.916. The summed E-state index contributed by atoms with van der Waals surface area (Å²) in [6.45, 7) is 0. The van der Waals surface area contributed by atoms with E-state index in [2.05, 4.69) is 18.2 Å². The van der Waals surface area contributed by atoms with Crippen molar-refractivity contribution in [2.24, 2.45) is 5.73 Å². The van der Waals surface area contributed by atoms with Crippen LogP contribution < -0.4 is 5.73 Å². The van der Waals surface area contributed by atoms with Crippen LogP contribution in [0.2, 0.25) is 5.22 Å². The molecule has 3 rings (SSSR count). The summed E-state index contributed by atoms with van der Waals surface area (Å²) in [6.07, 6.45) is 4.48. The molecule has 2 nitrogen and oxygen atoms in total. The van der Waals surface area contributed by atoms with Gasteiger partial charge >= 0.3 is 0 Å². The van der Waals surface area contributed by atoms with Gasteiger partial charge in [-0.2, -0.15) is 0 Å². The molecule has 0 saturated carbocycles. The van der Waals surface area contributed by atoms with E-state index in [4.69, 9.17) is 21.8 Å². The number of halogens is 1. The summed E-state index contributed by atoms with van der Waals surface area (Å²) in [5.74, 6) is 0.750. The van der Waals surface area contributed by atoms with Crippen LogP contribution in [0.4, 0.5) is 0 Å². The minimum absolute atomic E-state index is 0.128. The highest BCUT2D eigenvalue weighted by atomic mass is 35.5. The number of hydrogen-bond acceptors (Lipinski definition) is 2. The Bertz CT molecular complexity index is 561. The molecule has 0 radical (unpaired) electrons. The van der Waals surface area contributed by atoms with Crippen molar-refractivity contribution >= 4 is 11.6 Å². The van der Waals surface area contributed by atoms with Crippen LogP contribution in [-0.2, 0) is 19.3 Å². The molecule has 0 aliphatic heterocycles. The van der Waals surface area contributed by atoms with E-state index in [0.717, 1.165) is 12.2 Å². The van der Waals surface area contributed by atoms with Gasteiger partial charge in [0.2, 0.25) is 0 Å². The van der Waals surface area contributed by atoms with Crippen LogP contribution in [0.15, 0.2) is 34.7 Å². The van der Waals surface area contributed by atoms with Crippen molar-refractivity contribution < 1.29 is 4.42 Å². The molecule has 18 heavy (non-hydrogen) atoms. The predicted molar refractivity (Wildman–Crippen MR) is 72.8 cm³/mol. The summed E-state index contributed by atoms with van der Waals surface area (Å²) in [7, 11) is 0. The van der Waals surface area contributed by atoms with Gasteiger partial charge in [0.05, 0.1) is 6.04 Å². The molecule has 3 heteroatoms. The number of furan rings is 1. The third-order valence-corrected chi connectivity index (χ3v) is 3.78. The Kier molecular flexibility index (Phi) is 3.14. The molecule has 0 fully saturated rings. The van der Waals surface area contributed by atoms with Crippen molar-refractivity contribution in [2.45, 2.75) is 31.7 Å². The van der Waals surface area contributed by atoms with Crippen LogP contribution in [0.1, 0.15) is 34.9 Å². The van der Waals surface area contributed by atoms with Gasteiger partial charge in [-0.25, -0.2) is 0 Å². The number of rotatable bonds is 3. The van der Waals surface area contributed by atoms with Gasteiger partial charge in [-0.15, -0.1) is 0 Å². The van der Waals surface area contributed by atoms with E-state index in [0.29, 0.717) is 5.22 Å². The number of fused-ring (bicyclic) bond motifs is 1. The first kappa shape index (κ1) is 11.8. The summed E-state index contributed by atoms with van der Waals surface area (Å²) < 4.78 is 5.35. The molecule has 1 atom stereocenters. The van der Waals surface area contributed by atoms with Crippen LogP contribution in [-0.4, -0.2) is 0 Å². The third kappa shape index (κ3) is 2.31. The number of nitrogens with two attached hydrogens (primary N) is 1. The number of benzene rings is 1. The average Bonchev–Trinajstić information content (AvgIpc) is 2.96. The Morgan fingerprint density at radius 2 is 2.00 bits per heavy atom. The molecule has 0 amide bonds. The fraction of sp³-hybridized carbons (Fsp3) is 0.333. The van der Waals surface area contributed by atoms with Crippen LogP contribution in [0.25, 0.3) is 0 Å². The number of hydrogen-bond donors (Lipinski definition) is 1. The summed E-state index contributed by atoms with van der Waals surface area (Å²) in [5, 5.41) is 0.398. The van der Waals surface area contributed by atoms with Crippen LogP contribution in [0, 0.1) is 0 Å². The van der Waals surface area contributed by atoms with E-state index < -0.39 is 0 Å². The second-order valence-electron chi connectivity index (χ2n) is 4.91. The standard InChI is InChI=1S/C15H16ClNO/c16-15-7-6-14(18-15)13(17)9-10-4-5-11-2-1-3-12(11)8-10/h4-8,13H,1-3,9,17H2. The largest absolute Gasteiger partial charge is 0.448 e. The van der Waals surface area contributed by atoms with Gasteiger partial charge < -0.3 is 10.2 Å². The molecule has 1 heterocycles. The van der Waals surface area contributed by atoms with Crippen molar-refractivity contribution in [3.05, 3.63) is 58.0 Å². The maximum atomic E-state index is 6.13. The van der Waals surface area contributed by atoms with Gasteiger partial charge in [0, 0.05) is 0 Å². The van der Waals surface area contributed by atoms with E-state index in [9.17, 15) is 0 Å². The van der Waals surface area contributed by atoms with E-state index in [1.807, 2.05) is 6.07 Å². The molecule has 94 valence electrons. The molecule has 2 N–H and O–H groups in total. The molecule has 0 saturated heterocycles. The monoisotopic (exact) mass is 261 g/mol. The first-order valence-corrected chi connectivity index (χ1v) is 6.71. The molecule has 0 spiro atoms. The molecule has 1 aliphatic carbocycles. The topological polar surface area (TPSA) is 39.2 Å². The maximum Gasteiger partial charge on any atom is 0.193 e. The van der Waals surface area contributed by atoms with Gasteiger partial charge in [-0.1, -0.05) is 18.2 Å². The van der Waals surface area contributed by atoms with Crippen molar-refractivity contribution in [2.75, 3.05) is 0 Å². The summed E-state index contributed by atoms with van der Waals surface area (Å²) in [4.78, 5) is 0. The Morgan fingerprint density at radius 1 is 1.17 bits per heavy atom. The molecule has 1 unspecified atom stereocenters. The van der Waals surface area contributed by atoms with E-state index in [-0.39, 0.29) is 6.04 Å². The highest BCUT2D eigenvalue weighted by Gasteiger charge is 2.14. The molecule has 2 aromatic rings. The van der Waals surface area contributed by atoms with Crippen LogP contribution in [0.5, 0.6) is 0 Å². The molecular formula is C15H16ClNO.